The molecule has 0 spiro atoms. The van der Waals surface area contributed by atoms with Crippen molar-refractivity contribution in [2.24, 2.45) is 7.05 Å². The van der Waals surface area contributed by atoms with Crippen LogP contribution in [0.5, 0.6) is 0 Å². The number of para-hydroxylation sites is 1. The summed E-state index contributed by atoms with van der Waals surface area (Å²) in [6.07, 6.45) is 0. The molecule has 1 heterocycles. The number of hydrogen-bond acceptors (Lipinski definition) is 2. The van der Waals surface area contributed by atoms with Crippen LogP contribution in [0.3, 0.4) is 0 Å². The molecule has 0 saturated heterocycles. The number of rotatable bonds is 1. The number of nitrogens with zero attached hydrogens (tertiary/aromatic N) is 2. The number of nitrogen functional groups attached to an aromatic ring is 1. The molecule has 17 heavy (non-hydrogen) atoms. The van der Waals surface area contributed by atoms with E-state index in [1.54, 1.807) is 0 Å². The average Bonchev–Trinajstić information content (AvgIpc) is 2.67. The highest BCUT2D eigenvalue weighted by Crippen LogP contribution is 2.28. The molecular weight excluding hydrogens is 210 g/mol. The van der Waals surface area contributed by atoms with Gasteiger partial charge in [-0.25, -0.2) is 4.98 Å². The maximum absolute atomic E-state index is 5.85. The molecule has 3 heteroatoms. The molecule has 0 bridgehead atoms. The molecule has 0 aliphatic heterocycles. The lowest BCUT2D eigenvalue weighted by molar-refractivity contribution is 0.965. The molecule has 84 valence electrons. The van der Waals surface area contributed by atoms with Crippen molar-refractivity contribution < 1.29 is 0 Å². The van der Waals surface area contributed by atoms with Crippen molar-refractivity contribution in [2.75, 3.05) is 5.73 Å². The Balaban J connectivity index is 2.35. The first-order valence-electron chi connectivity index (χ1n) is 5.54. The molecule has 0 atom stereocenters. The zero-order valence-corrected chi connectivity index (χ0v) is 9.59. The van der Waals surface area contributed by atoms with E-state index in [0.29, 0.717) is 5.95 Å². The van der Waals surface area contributed by atoms with Crippen molar-refractivity contribution in [1.82, 2.24) is 9.55 Å². The Labute approximate surface area is 99.5 Å². The molecule has 0 fully saturated rings. The lowest BCUT2D eigenvalue weighted by Crippen LogP contribution is -1.95. The van der Waals surface area contributed by atoms with Gasteiger partial charge in [0.15, 0.2) is 0 Å². The van der Waals surface area contributed by atoms with Gasteiger partial charge in [0.05, 0.1) is 11.0 Å². The number of aryl methyl sites for hydroxylation is 1. The van der Waals surface area contributed by atoms with Crippen LogP contribution in [0, 0.1) is 0 Å². The molecule has 2 aromatic carbocycles. The van der Waals surface area contributed by atoms with E-state index in [1.807, 2.05) is 41.9 Å². The first-order chi connectivity index (χ1) is 8.27. The van der Waals surface area contributed by atoms with Crippen LogP contribution in [0.2, 0.25) is 0 Å². The molecule has 0 aliphatic rings. The summed E-state index contributed by atoms with van der Waals surface area (Å²) in [5, 5.41) is 0. The maximum Gasteiger partial charge on any atom is 0.200 e. The Morgan fingerprint density at radius 3 is 2.53 bits per heavy atom. The zero-order valence-electron chi connectivity index (χ0n) is 9.59. The van der Waals surface area contributed by atoms with Crippen LogP contribution in [0.1, 0.15) is 0 Å². The number of nitrogens with two attached hydrogens (primary N) is 1. The number of imidazole rings is 1. The molecule has 1 aromatic heterocycles. The molecule has 0 aliphatic carbocycles. The quantitative estimate of drug-likeness (QED) is 0.689. The van der Waals surface area contributed by atoms with E-state index in [1.165, 1.54) is 0 Å². The molecule has 2 N–H and O–H groups in total. The summed E-state index contributed by atoms with van der Waals surface area (Å²) < 4.78 is 1.90. The third kappa shape index (κ3) is 1.47. The first-order valence-corrected chi connectivity index (χ1v) is 5.54. The lowest BCUT2D eigenvalue weighted by atomic mass is 10.0. The summed E-state index contributed by atoms with van der Waals surface area (Å²) in [6, 6.07) is 16.4. The van der Waals surface area contributed by atoms with Gasteiger partial charge in [0.25, 0.3) is 0 Å². The molecule has 0 amide bonds. The third-order valence-electron chi connectivity index (χ3n) is 3.03. The lowest BCUT2D eigenvalue weighted by Gasteiger charge is -2.02. The van der Waals surface area contributed by atoms with Crippen molar-refractivity contribution >= 4 is 17.0 Å². The van der Waals surface area contributed by atoms with E-state index in [9.17, 15) is 0 Å². The fraction of sp³-hybridized carbons (Fsp3) is 0.0714. The highest BCUT2D eigenvalue weighted by atomic mass is 15.1. The van der Waals surface area contributed by atoms with Crippen LogP contribution in [0.15, 0.2) is 48.5 Å². The number of hydrogen-bond donors (Lipinski definition) is 1. The number of fused-ring (bicyclic) bond motifs is 1. The summed E-state index contributed by atoms with van der Waals surface area (Å²) in [6.45, 7) is 0. The Morgan fingerprint density at radius 2 is 1.76 bits per heavy atom. The molecule has 3 rings (SSSR count). The van der Waals surface area contributed by atoms with Crippen molar-refractivity contribution in [3.63, 3.8) is 0 Å². The van der Waals surface area contributed by atoms with Gasteiger partial charge in [0.2, 0.25) is 5.95 Å². The van der Waals surface area contributed by atoms with E-state index < -0.39 is 0 Å². The van der Waals surface area contributed by atoms with Crippen LogP contribution < -0.4 is 5.73 Å². The van der Waals surface area contributed by atoms with Crippen LogP contribution >= 0.6 is 0 Å². The minimum atomic E-state index is 0.545. The van der Waals surface area contributed by atoms with E-state index in [4.69, 9.17) is 5.73 Å². The number of anilines is 1. The van der Waals surface area contributed by atoms with Gasteiger partial charge < -0.3 is 10.3 Å². The van der Waals surface area contributed by atoms with Gasteiger partial charge in [-0.2, -0.15) is 0 Å². The van der Waals surface area contributed by atoms with Gasteiger partial charge in [-0.15, -0.1) is 0 Å². The van der Waals surface area contributed by atoms with Crippen molar-refractivity contribution in [3.8, 4) is 11.1 Å². The standard InChI is InChI=1S/C14H13N3/c1-17-12-9-5-8-11(13(12)16-14(17)15)10-6-3-2-4-7-10/h2-9H,1H3,(H2,15,16). The number of benzene rings is 2. The molecule has 0 saturated carbocycles. The van der Waals surface area contributed by atoms with Crippen LogP contribution in [-0.4, -0.2) is 9.55 Å². The first kappa shape index (κ1) is 9.90. The van der Waals surface area contributed by atoms with Crippen molar-refractivity contribution in [3.05, 3.63) is 48.5 Å². The second-order valence-corrected chi connectivity index (χ2v) is 4.07. The zero-order chi connectivity index (χ0) is 11.8. The maximum atomic E-state index is 5.85. The van der Waals surface area contributed by atoms with Gasteiger partial charge in [-0.3, -0.25) is 0 Å². The SMILES string of the molecule is Cn1c(N)nc2c(-c3ccccc3)cccc21. The minimum absolute atomic E-state index is 0.545. The number of aromatic nitrogens is 2. The highest BCUT2D eigenvalue weighted by Gasteiger charge is 2.09. The molecule has 3 aromatic rings. The molecular formula is C14H13N3. The normalized spacial score (nSPS) is 10.9. The van der Waals surface area contributed by atoms with E-state index in [0.717, 1.165) is 22.2 Å². The molecule has 0 radical (unpaired) electrons. The van der Waals surface area contributed by atoms with Gasteiger partial charge in [-0.05, 0) is 11.6 Å². The van der Waals surface area contributed by atoms with E-state index in [2.05, 4.69) is 23.2 Å². The summed E-state index contributed by atoms with van der Waals surface area (Å²) in [5.74, 6) is 0.545. The smallest absolute Gasteiger partial charge is 0.200 e. The van der Waals surface area contributed by atoms with Crippen molar-refractivity contribution in [1.29, 1.82) is 0 Å². The fourth-order valence-electron chi connectivity index (χ4n) is 2.08. The Bertz CT molecular complexity index is 669. The van der Waals surface area contributed by atoms with Crippen LogP contribution in [-0.2, 0) is 7.05 Å². The van der Waals surface area contributed by atoms with E-state index >= 15 is 0 Å². The molecule has 0 unspecified atom stereocenters. The largest absolute Gasteiger partial charge is 0.369 e. The average molecular weight is 223 g/mol. The Hall–Kier alpha value is -2.29. The predicted octanol–water partition coefficient (Wildman–Crippen LogP) is 2.82. The summed E-state index contributed by atoms with van der Waals surface area (Å²) >= 11 is 0. The second kappa shape index (κ2) is 3.63. The third-order valence-corrected chi connectivity index (χ3v) is 3.03. The second-order valence-electron chi connectivity index (χ2n) is 4.07. The molecule has 3 nitrogen and oxygen atoms in total. The van der Waals surface area contributed by atoms with Gasteiger partial charge >= 0.3 is 0 Å². The topological polar surface area (TPSA) is 43.8 Å². The predicted molar refractivity (Wildman–Crippen MR) is 70.6 cm³/mol. The summed E-state index contributed by atoms with van der Waals surface area (Å²) in [4.78, 5) is 4.43. The van der Waals surface area contributed by atoms with Crippen LogP contribution in [0.25, 0.3) is 22.2 Å². The Morgan fingerprint density at radius 1 is 1.00 bits per heavy atom. The van der Waals surface area contributed by atoms with Crippen LogP contribution in [0.4, 0.5) is 5.95 Å². The fourth-order valence-corrected chi connectivity index (χ4v) is 2.08. The van der Waals surface area contributed by atoms with E-state index in [-0.39, 0.29) is 0 Å². The summed E-state index contributed by atoms with van der Waals surface area (Å²) in [5.41, 5.74) is 10.2. The highest BCUT2D eigenvalue weighted by molar-refractivity contribution is 5.93. The Kier molecular flexibility index (Phi) is 2.11. The van der Waals surface area contributed by atoms with Gasteiger partial charge in [-0.1, -0.05) is 42.5 Å². The van der Waals surface area contributed by atoms with Crippen molar-refractivity contribution in [2.45, 2.75) is 0 Å². The van der Waals surface area contributed by atoms with Gasteiger partial charge in [0.1, 0.15) is 0 Å². The minimum Gasteiger partial charge on any atom is -0.369 e. The summed E-state index contributed by atoms with van der Waals surface area (Å²) in [7, 11) is 1.93. The van der Waals surface area contributed by atoms with Gasteiger partial charge in [0, 0.05) is 12.6 Å². The monoisotopic (exact) mass is 223 g/mol.